The van der Waals surface area contributed by atoms with Gasteiger partial charge in [0.25, 0.3) is 0 Å². The van der Waals surface area contributed by atoms with Gasteiger partial charge in [-0.15, -0.1) is 11.3 Å². The molecule has 0 radical (unpaired) electrons. The van der Waals surface area contributed by atoms with Gasteiger partial charge in [0.2, 0.25) is 0 Å². The summed E-state index contributed by atoms with van der Waals surface area (Å²) < 4.78 is 37.5. The Bertz CT molecular complexity index is 1430. The average molecular weight is 590 g/mol. The Kier molecular flexibility index (Phi) is 10.5. The highest BCUT2D eigenvalue weighted by atomic mass is 32.1. The van der Waals surface area contributed by atoms with Crippen molar-refractivity contribution >= 4 is 23.3 Å². The molecule has 0 amide bonds. The summed E-state index contributed by atoms with van der Waals surface area (Å²) in [6.07, 6.45) is -0.721. The van der Waals surface area contributed by atoms with Crippen molar-refractivity contribution in [1.29, 1.82) is 5.26 Å². The van der Waals surface area contributed by atoms with Crippen LogP contribution in [0.2, 0.25) is 0 Å². The lowest BCUT2D eigenvalue weighted by molar-refractivity contribution is -0.192. The Morgan fingerprint density at radius 1 is 1.24 bits per heavy atom. The van der Waals surface area contributed by atoms with Crippen molar-refractivity contribution in [3.8, 4) is 32.8 Å². The van der Waals surface area contributed by atoms with E-state index in [0.717, 1.165) is 40.4 Å². The van der Waals surface area contributed by atoms with E-state index in [1.54, 1.807) is 11.3 Å². The third-order valence-electron chi connectivity index (χ3n) is 6.37. The second-order valence-corrected chi connectivity index (χ2v) is 10.6. The number of alkyl halides is 3. The van der Waals surface area contributed by atoms with Crippen molar-refractivity contribution in [1.82, 2.24) is 9.88 Å². The summed E-state index contributed by atoms with van der Waals surface area (Å²) in [5.74, 6) is -2.91. The number of aromatic nitrogens is 1. The first-order valence-corrected chi connectivity index (χ1v) is 13.7. The van der Waals surface area contributed by atoms with Gasteiger partial charge in [0.05, 0.1) is 16.5 Å². The molecule has 41 heavy (non-hydrogen) atoms. The summed E-state index contributed by atoms with van der Waals surface area (Å²) in [5, 5.41) is 27.1. The molecule has 0 bridgehead atoms. The fourth-order valence-electron chi connectivity index (χ4n) is 4.58. The highest BCUT2D eigenvalue weighted by Gasteiger charge is 2.38. The van der Waals surface area contributed by atoms with Crippen LogP contribution < -0.4 is 4.74 Å². The SMILES string of the molecule is CCc1c(CN2CCC[C@H]2C(=O)O)cccc1-c1cnc(-c2ccc(OC(C)C)c(C#N)c2)s1.O=C(O)C(F)(F)F. The summed E-state index contributed by atoms with van der Waals surface area (Å²) in [5.41, 5.74) is 4.92. The molecule has 1 fully saturated rings. The van der Waals surface area contributed by atoms with Gasteiger partial charge in [0.15, 0.2) is 0 Å². The van der Waals surface area contributed by atoms with Crippen molar-refractivity contribution in [2.75, 3.05) is 6.54 Å². The molecule has 8 nitrogen and oxygen atoms in total. The molecule has 12 heteroatoms. The first-order valence-electron chi connectivity index (χ1n) is 12.9. The maximum Gasteiger partial charge on any atom is 0.490 e. The molecule has 218 valence electrons. The van der Waals surface area contributed by atoms with Crippen LogP contribution in [-0.4, -0.2) is 56.9 Å². The summed E-state index contributed by atoms with van der Waals surface area (Å²) in [4.78, 5) is 28.3. The Morgan fingerprint density at radius 3 is 2.54 bits per heavy atom. The highest BCUT2D eigenvalue weighted by molar-refractivity contribution is 7.18. The lowest BCUT2D eigenvalue weighted by atomic mass is 9.97. The predicted molar refractivity (Wildman–Crippen MR) is 148 cm³/mol. The number of thiazole rings is 1. The Balaban J connectivity index is 0.000000587. The Morgan fingerprint density at radius 2 is 1.95 bits per heavy atom. The minimum Gasteiger partial charge on any atom is -0.490 e. The van der Waals surface area contributed by atoms with Crippen LogP contribution in [0.3, 0.4) is 0 Å². The first kappa shape index (κ1) is 31.6. The molecule has 2 N–H and O–H groups in total. The van der Waals surface area contributed by atoms with Crippen molar-refractivity contribution < 1.29 is 37.7 Å². The number of hydrogen-bond acceptors (Lipinski definition) is 7. The number of ether oxygens (including phenoxy) is 1. The molecule has 0 unspecified atom stereocenters. The van der Waals surface area contributed by atoms with E-state index in [2.05, 4.69) is 35.0 Å². The van der Waals surface area contributed by atoms with Gasteiger partial charge in [-0.05, 0) is 74.5 Å². The van der Waals surface area contributed by atoms with Gasteiger partial charge >= 0.3 is 18.1 Å². The zero-order chi connectivity index (χ0) is 30.3. The molecule has 3 aromatic rings. The van der Waals surface area contributed by atoms with E-state index in [4.69, 9.17) is 14.6 Å². The summed E-state index contributed by atoms with van der Waals surface area (Å²) >= 11 is 1.60. The molecule has 0 saturated carbocycles. The predicted octanol–water partition coefficient (Wildman–Crippen LogP) is 6.38. The first-order chi connectivity index (χ1) is 19.3. The molecule has 1 aliphatic heterocycles. The number of benzene rings is 2. The minimum absolute atomic E-state index is 0.00417. The number of aliphatic carboxylic acids is 2. The molecular weight excluding hydrogens is 559 g/mol. The number of nitrogens with zero attached hydrogens (tertiary/aromatic N) is 3. The van der Waals surface area contributed by atoms with Gasteiger partial charge in [-0.2, -0.15) is 18.4 Å². The number of carboxylic acid groups (broad SMARTS) is 2. The van der Waals surface area contributed by atoms with Crippen molar-refractivity contribution in [2.24, 2.45) is 0 Å². The van der Waals surface area contributed by atoms with Gasteiger partial charge in [-0.1, -0.05) is 25.1 Å². The molecule has 1 aliphatic rings. The standard InChI is InChI=1S/C27H29N3O3S.C2HF3O2/c1-4-21-19(16-30-12-6-9-23(30)27(31)32)7-5-8-22(21)25-15-29-26(34-25)18-10-11-24(33-17(2)3)20(13-18)14-28;3-2(4,5)1(6)7/h5,7-8,10-11,13,15,17,23H,4,6,9,12,16H2,1-3H3,(H,31,32);(H,6,7)/t23-;/m0./s1. The van der Waals surface area contributed by atoms with Crippen LogP contribution in [0.25, 0.3) is 21.0 Å². The van der Waals surface area contributed by atoms with Crippen LogP contribution in [0, 0.1) is 11.3 Å². The van der Waals surface area contributed by atoms with Gasteiger partial charge in [-0.3, -0.25) is 9.69 Å². The van der Waals surface area contributed by atoms with E-state index in [-0.39, 0.29) is 6.10 Å². The Hall–Kier alpha value is -3.95. The number of carbonyl (C=O) groups is 2. The molecular formula is C29H30F3N3O5S. The number of carboxylic acids is 2. The molecule has 4 rings (SSSR count). The van der Waals surface area contributed by atoms with Crippen LogP contribution in [0.1, 0.15) is 50.3 Å². The molecule has 1 atom stereocenters. The summed E-state index contributed by atoms with van der Waals surface area (Å²) in [7, 11) is 0. The molecule has 2 aromatic carbocycles. The maximum atomic E-state index is 11.6. The summed E-state index contributed by atoms with van der Waals surface area (Å²) in [6, 6.07) is 13.7. The quantitative estimate of drug-likeness (QED) is 0.310. The molecule has 1 saturated heterocycles. The van der Waals surface area contributed by atoms with Crippen molar-refractivity contribution in [3.05, 3.63) is 59.3 Å². The largest absolute Gasteiger partial charge is 0.490 e. The number of halogens is 3. The topological polar surface area (TPSA) is 124 Å². The van der Waals surface area contributed by atoms with Gasteiger partial charge in [-0.25, -0.2) is 9.78 Å². The smallest absolute Gasteiger partial charge is 0.490 e. The summed E-state index contributed by atoms with van der Waals surface area (Å²) in [6.45, 7) is 7.46. The minimum atomic E-state index is -5.08. The molecule has 2 heterocycles. The average Bonchev–Trinajstić information content (AvgIpc) is 3.58. The van der Waals surface area contributed by atoms with Crippen LogP contribution in [-0.2, 0) is 22.6 Å². The van der Waals surface area contributed by atoms with Gasteiger partial charge < -0.3 is 14.9 Å². The third-order valence-corrected chi connectivity index (χ3v) is 7.45. The van der Waals surface area contributed by atoms with Gasteiger partial charge in [0.1, 0.15) is 22.9 Å². The van der Waals surface area contributed by atoms with Crippen molar-refractivity contribution in [2.45, 2.75) is 64.9 Å². The molecule has 0 spiro atoms. The number of hydrogen-bond donors (Lipinski definition) is 2. The van der Waals surface area contributed by atoms with Gasteiger partial charge in [0, 0.05) is 18.3 Å². The van der Waals surface area contributed by atoms with E-state index in [1.165, 1.54) is 11.1 Å². The Labute approximate surface area is 239 Å². The molecule has 1 aromatic heterocycles. The maximum absolute atomic E-state index is 11.6. The number of rotatable bonds is 8. The van der Waals surface area contributed by atoms with E-state index in [9.17, 15) is 28.3 Å². The van der Waals surface area contributed by atoms with Crippen LogP contribution >= 0.6 is 11.3 Å². The lowest BCUT2D eigenvalue weighted by Crippen LogP contribution is -2.35. The second kappa shape index (κ2) is 13.6. The van der Waals surface area contributed by atoms with Crippen molar-refractivity contribution in [3.63, 3.8) is 0 Å². The van der Waals surface area contributed by atoms with E-state index in [0.29, 0.717) is 24.3 Å². The fraction of sp³-hybridized carbons (Fsp3) is 0.379. The third kappa shape index (κ3) is 8.05. The lowest BCUT2D eigenvalue weighted by Gasteiger charge is -2.23. The van der Waals surface area contributed by atoms with Crippen LogP contribution in [0.4, 0.5) is 13.2 Å². The molecule has 0 aliphatic carbocycles. The second-order valence-electron chi connectivity index (χ2n) is 9.59. The highest BCUT2D eigenvalue weighted by Crippen LogP contribution is 2.37. The van der Waals surface area contributed by atoms with E-state index < -0.39 is 24.2 Å². The van der Waals surface area contributed by atoms with E-state index >= 15 is 0 Å². The van der Waals surface area contributed by atoms with Crippen LogP contribution in [0.15, 0.2) is 42.6 Å². The number of likely N-dealkylation sites (tertiary alicyclic amines) is 1. The monoisotopic (exact) mass is 589 g/mol. The van der Waals surface area contributed by atoms with E-state index in [1.807, 2.05) is 44.3 Å². The zero-order valence-corrected chi connectivity index (χ0v) is 23.6. The normalized spacial score (nSPS) is 15.2. The number of nitriles is 1. The zero-order valence-electron chi connectivity index (χ0n) is 22.7. The van der Waals surface area contributed by atoms with Crippen LogP contribution in [0.5, 0.6) is 5.75 Å². The fourth-order valence-corrected chi connectivity index (χ4v) is 5.55.